The molecule has 3 rings (SSSR count). The van der Waals surface area contributed by atoms with Crippen LogP contribution in [-0.2, 0) is 4.79 Å². The van der Waals surface area contributed by atoms with Crippen molar-refractivity contribution in [2.24, 2.45) is 11.8 Å². The number of carbonyl (C=O) groups is 1. The quantitative estimate of drug-likeness (QED) is 0.920. The number of methoxy groups -OCH3 is 1. The van der Waals surface area contributed by atoms with E-state index in [0.717, 1.165) is 43.5 Å². The van der Waals surface area contributed by atoms with E-state index in [1.165, 1.54) is 0 Å². The first-order valence-electron chi connectivity index (χ1n) is 8.62. The van der Waals surface area contributed by atoms with Crippen LogP contribution in [-0.4, -0.2) is 42.2 Å². The molecule has 0 amide bonds. The Kier molecular flexibility index (Phi) is 5.06. The zero-order valence-corrected chi connectivity index (χ0v) is 14.0. The van der Waals surface area contributed by atoms with Gasteiger partial charge < -0.3 is 9.84 Å². The molecule has 128 valence electrons. The minimum absolute atomic E-state index is 0.0158. The van der Waals surface area contributed by atoms with E-state index in [-0.39, 0.29) is 17.8 Å². The largest absolute Gasteiger partial charge is 0.497 e. The van der Waals surface area contributed by atoms with Crippen LogP contribution in [0.4, 0.5) is 0 Å². The van der Waals surface area contributed by atoms with Crippen molar-refractivity contribution in [3.05, 3.63) is 29.8 Å². The van der Waals surface area contributed by atoms with Gasteiger partial charge in [0.25, 0.3) is 0 Å². The fourth-order valence-corrected chi connectivity index (χ4v) is 4.14. The van der Waals surface area contributed by atoms with Crippen LogP contribution in [0.5, 0.6) is 5.75 Å². The highest BCUT2D eigenvalue weighted by atomic mass is 16.5. The van der Waals surface area contributed by atoms with Crippen molar-refractivity contribution in [1.29, 1.82) is 5.26 Å². The molecule has 0 bridgehead atoms. The van der Waals surface area contributed by atoms with E-state index in [0.29, 0.717) is 12.6 Å². The molecule has 0 radical (unpaired) electrons. The number of carboxylic acids is 1. The molecular formula is C19H24N2O3. The maximum atomic E-state index is 11.7. The van der Waals surface area contributed by atoms with E-state index in [9.17, 15) is 9.90 Å². The molecule has 0 unspecified atom stereocenters. The summed E-state index contributed by atoms with van der Waals surface area (Å²) in [6.45, 7) is 1.39. The number of benzene rings is 1. The summed E-state index contributed by atoms with van der Waals surface area (Å²) in [6, 6.07) is 10.5. The van der Waals surface area contributed by atoms with Gasteiger partial charge in [-0.05, 0) is 43.4 Å². The van der Waals surface area contributed by atoms with Gasteiger partial charge in [-0.2, -0.15) is 5.26 Å². The summed E-state index contributed by atoms with van der Waals surface area (Å²) in [5, 5.41) is 18.7. The number of rotatable bonds is 4. The topological polar surface area (TPSA) is 73.6 Å². The van der Waals surface area contributed by atoms with Crippen LogP contribution in [0.15, 0.2) is 24.3 Å². The number of ether oxygens (including phenoxy) is 1. The molecule has 2 atom stereocenters. The molecule has 1 aliphatic heterocycles. The van der Waals surface area contributed by atoms with Crippen LogP contribution >= 0.6 is 0 Å². The normalized spacial score (nSPS) is 30.7. The molecule has 5 heteroatoms. The third-order valence-electron chi connectivity index (χ3n) is 5.60. The Morgan fingerprint density at radius 2 is 1.88 bits per heavy atom. The number of likely N-dealkylation sites (tertiary alicyclic amines) is 1. The second kappa shape index (κ2) is 7.23. The summed E-state index contributed by atoms with van der Waals surface area (Å²) in [5.74, 6) is -0.106. The van der Waals surface area contributed by atoms with E-state index in [4.69, 9.17) is 10.00 Å². The first-order chi connectivity index (χ1) is 11.6. The highest BCUT2D eigenvalue weighted by Gasteiger charge is 2.41. The van der Waals surface area contributed by atoms with Crippen molar-refractivity contribution >= 4 is 5.97 Å². The summed E-state index contributed by atoms with van der Waals surface area (Å²) >= 11 is 0. The third kappa shape index (κ3) is 3.39. The van der Waals surface area contributed by atoms with E-state index in [1.807, 2.05) is 24.3 Å². The van der Waals surface area contributed by atoms with Crippen molar-refractivity contribution < 1.29 is 14.6 Å². The molecule has 2 fully saturated rings. The fraction of sp³-hybridized carbons (Fsp3) is 0.579. The standard InChI is InChI=1S/C19H24N2O3/c1-24-16-8-4-14(5-9-16)17-11-21(12-18(17)19(22)23)15-6-2-13(10-20)3-7-15/h4-5,8-9,13,15,17-18H,2-3,6-7,11-12H2,1H3,(H,22,23)/t13?,15?,17-,18+/m0/s1. The summed E-state index contributed by atoms with van der Waals surface area (Å²) in [7, 11) is 1.63. The predicted octanol–water partition coefficient (Wildman–Crippen LogP) is 2.88. The molecule has 1 aliphatic carbocycles. The number of nitrogens with zero attached hydrogens (tertiary/aromatic N) is 2. The number of nitriles is 1. The summed E-state index contributed by atoms with van der Waals surface area (Å²) in [5.41, 5.74) is 1.07. The van der Waals surface area contributed by atoms with Gasteiger partial charge in [-0.3, -0.25) is 9.69 Å². The average Bonchev–Trinajstić information content (AvgIpc) is 3.07. The molecule has 0 spiro atoms. The Labute approximate surface area is 142 Å². The molecular weight excluding hydrogens is 304 g/mol. The molecule has 0 aromatic heterocycles. The molecule has 5 nitrogen and oxygen atoms in total. The van der Waals surface area contributed by atoms with Gasteiger partial charge in [-0.1, -0.05) is 12.1 Å². The lowest BCUT2D eigenvalue weighted by Crippen LogP contribution is -2.37. The second-order valence-corrected chi connectivity index (χ2v) is 6.91. The van der Waals surface area contributed by atoms with Gasteiger partial charge in [0.1, 0.15) is 5.75 Å². The van der Waals surface area contributed by atoms with Crippen molar-refractivity contribution in [3.63, 3.8) is 0 Å². The molecule has 1 aromatic rings. The number of hydrogen-bond donors (Lipinski definition) is 1. The Hall–Kier alpha value is -2.06. The Balaban J connectivity index is 1.72. The van der Waals surface area contributed by atoms with Crippen LogP contribution in [0.25, 0.3) is 0 Å². The highest BCUT2D eigenvalue weighted by Crippen LogP contribution is 2.38. The molecule has 1 saturated carbocycles. The smallest absolute Gasteiger partial charge is 0.308 e. The SMILES string of the molecule is COc1ccc([C@@H]2CN(C3CCC(C#N)CC3)C[C@H]2C(=O)O)cc1. The van der Waals surface area contributed by atoms with Gasteiger partial charge in [0, 0.05) is 31.0 Å². The molecule has 1 heterocycles. The zero-order valence-electron chi connectivity index (χ0n) is 14.0. The lowest BCUT2D eigenvalue weighted by Gasteiger charge is -2.32. The Bertz CT molecular complexity index is 614. The lowest BCUT2D eigenvalue weighted by atomic mass is 9.86. The second-order valence-electron chi connectivity index (χ2n) is 6.91. The zero-order chi connectivity index (χ0) is 17.1. The monoisotopic (exact) mass is 328 g/mol. The van der Waals surface area contributed by atoms with Crippen LogP contribution in [0.1, 0.15) is 37.2 Å². The van der Waals surface area contributed by atoms with Gasteiger partial charge in [0.05, 0.1) is 19.1 Å². The van der Waals surface area contributed by atoms with Crippen molar-refractivity contribution in [2.75, 3.05) is 20.2 Å². The van der Waals surface area contributed by atoms with Crippen molar-refractivity contribution in [3.8, 4) is 11.8 Å². The first kappa shape index (κ1) is 16.8. The van der Waals surface area contributed by atoms with Gasteiger partial charge in [-0.15, -0.1) is 0 Å². The summed E-state index contributed by atoms with van der Waals surface area (Å²) < 4.78 is 5.19. The van der Waals surface area contributed by atoms with Gasteiger partial charge in [0.2, 0.25) is 0 Å². The van der Waals surface area contributed by atoms with Gasteiger partial charge >= 0.3 is 5.97 Å². The highest BCUT2D eigenvalue weighted by molar-refractivity contribution is 5.72. The van der Waals surface area contributed by atoms with Crippen LogP contribution in [0.2, 0.25) is 0 Å². The molecule has 1 aromatic carbocycles. The fourth-order valence-electron chi connectivity index (χ4n) is 4.14. The molecule has 1 N–H and O–H groups in total. The maximum Gasteiger partial charge on any atom is 0.308 e. The molecule has 24 heavy (non-hydrogen) atoms. The number of hydrogen-bond acceptors (Lipinski definition) is 4. The van der Waals surface area contributed by atoms with E-state index >= 15 is 0 Å². The van der Waals surface area contributed by atoms with E-state index in [1.54, 1.807) is 7.11 Å². The van der Waals surface area contributed by atoms with Crippen LogP contribution in [0, 0.1) is 23.2 Å². The maximum absolute atomic E-state index is 11.7. The lowest BCUT2D eigenvalue weighted by molar-refractivity contribution is -0.141. The minimum atomic E-state index is -0.718. The Morgan fingerprint density at radius 1 is 1.21 bits per heavy atom. The van der Waals surface area contributed by atoms with Gasteiger partial charge in [-0.25, -0.2) is 0 Å². The van der Waals surface area contributed by atoms with Crippen molar-refractivity contribution in [1.82, 2.24) is 4.90 Å². The molecule has 1 saturated heterocycles. The Morgan fingerprint density at radius 3 is 2.42 bits per heavy atom. The van der Waals surface area contributed by atoms with E-state index < -0.39 is 5.97 Å². The average molecular weight is 328 g/mol. The van der Waals surface area contributed by atoms with Gasteiger partial charge in [0.15, 0.2) is 0 Å². The van der Waals surface area contributed by atoms with Crippen LogP contribution in [0.3, 0.4) is 0 Å². The first-order valence-corrected chi connectivity index (χ1v) is 8.62. The molecule has 2 aliphatic rings. The summed E-state index contributed by atoms with van der Waals surface area (Å²) in [6.07, 6.45) is 3.87. The predicted molar refractivity (Wildman–Crippen MR) is 89.8 cm³/mol. The third-order valence-corrected chi connectivity index (χ3v) is 5.60. The number of aliphatic carboxylic acids is 1. The summed E-state index contributed by atoms with van der Waals surface area (Å²) in [4.78, 5) is 14.1. The number of carboxylic acid groups (broad SMARTS) is 1. The van der Waals surface area contributed by atoms with Crippen molar-refractivity contribution in [2.45, 2.75) is 37.6 Å². The van der Waals surface area contributed by atoms with E-state index in [2.05, 4.69) is 11.0 Å². The van der Waals surface area contributed by atoms with Crippen LogP contribution < -0.4 is 4.74 Å². The minimum Gasteiger partial charge on any atom is -0.497 e.